The first kappa shape index (κ1) is 16.3. The van der Waals surface area contributed by atoms with Crippen LogP contribution in [-0.2, 0) is 11.8 Å². The molecule has 1 fully saturated rings. The molecular weight excluding hydrogens is 314 g/mol. The smallest absolute Gasteiger partial charge is 0.160 e. The van der Waals surface area contributed by atoms with Gasteiger partial charge in [0.1, 0.15) is 0 Å². The van der Waals surface area contributed by atoms with E-state index in [0.717, 1.165) is 79.1 Å². The quantitative estimate of drug-likeness (QED) is 0.724. The normalized spacial score (nSPS) is 15.9. The van der Waals surface area contributed by atoms with Crippen LogP contribution < -0.4 is 5.32 Å². The van der Waals surface area contributed by atoms with Crippen molar-refractivity contribution in [2.75, 3.05) is 44.7 Å². The molecule has 1 aliphatic heterocycles. The zero-order valence-electron chi connectivity index (χ0n) is 15.0. The lowest BCUT2D eigenvalue weighted by Crippen LogP contribution is -2.37. The van der Waals surface area contributed by atoms with E-state index in [9.17, 15) is 0 Å². The minimum absolute atomic E-state index is 0.859. The highest BCUT2D eigenvalue weighted by atomic mass is 16.5. The molecule has 3 aromatic rings. The van der Waals surface area contributed by atoms with Crippen molar-refractivity contribution in [1.82, 2.24) is 19.7 Å². The predicted molar refractivity (Wildman–Crippen MR) is 101 cm³/mol. The van der Waals surface area contributed by atoms with Gasteiger partial charge in [0.2, 0.25) is 0 Å². The minimum Gasteiger partial charge on any atom is -0.384 e. The third kappa shape index (κ3) is 3.19. The Morgan fingerprint density at radius 1 is 1.20 bits per heavy atom. The molecule has 132 valence electrons. The van der Waals surface area contributed by atoms with E-state index in [2.05, 4.69) is 40.4 Å². The fraction of sp³-hybridized carbons (Fsp3) is 0.474. The molecule has 1 N–H and O–H groups in total. The zero-order chi connectivity index (χ0) is 17.2. The fourth-order valence-electron chi connectivity index (χ4n) is 3.62. The maximum Gasteiger partial charge on any atom is 0.160 e. The second-order valence-corrected chi connectivity index (χ2v) is 6.65. The lowest BCUT2D eigenvalue weighted by atomic mass is 10.1. The van der Waals surface area contributed by atoms with Crippen LogP contribution in [0.1, 0.15) is 12.1 Å². The second-order valence-electron chi connectivity index (χ2n) is 6.65. The monoisotopic (exact) mass is 339 g/mol. The third-order valence-corrected chi connectivity index (χ3v) is 4.90. The van der Waals surface area contributed by atoms with E-state index < -0.39 is 0 Å². The highest BCUT2D eigenvalue weighted by Crippen LogP contribution is 2.32. The number of pyridine rings is 1. The molecule has 3 heterocycles. The maximum atomic E-state index is 5.41. The molecule has 0 amide bonds. The van der Waals surface area contributed by atoms with Crippen LogP contribution in [0.4, 0.5) is 5.69 Å². The molecule has 6 nitrogen and oxygen atoms in total. The van der Waals surface area contributed by atoms with Gasteiger partial charge in [0.15, 0.2) is 5.65 Å². The molecule has 4 rings (SSSR count). The van der Waals surface area contributed by atoms with Crippen molar-refractivity contribution in [3.63, 3.8) is 0 Å². The Bertz CT molecular complexity index is 882. The minimum atomic E-state index is 0.859. The number of aryl methyl sites for hydroxylation is 2. The van der Waals surface area contributed by atoms with Gasteiger partial charge in [0, 0.05) is 32.1 Å². The standard InChI is InChI=1S/C19H25N5O/c1-14-17-18(20-8-5-9-24-10-12-25-13-11-24)15-6-3-4-7-16(15)21-19(17)23(2)22-14/h3-4,6-7H,5,8-13H2,1-2H3,(H,20,21). The molecule has 1 aromatic carbocycles. The molecule has 0 bridgehead atoms. The van der Waals surface area contributed by atoms with Gasteiger partial charge in [-0.2, -0.15) is 5.10 Å². The Kier molecular flexibility index (Phi) is 4.55. The molecular formula is C19H25N5O. The van der Waals surface area contributed by atoms with E-state index in [4.69, 9.17) is 9.72 Å². The summed E-state index contributed by atoms with van der Waals surface area (Å²) in [6.07, 6.45) is 1.11. The van der Waals surface area contributed by atoms with E-state index in [1.54, 1.807) is 0 Å². The van der Waals surface area contributed by atoms with Crippen molar-refractivity contribution < 1.29 is 4.74 Å². The largest absolute Gasteiger partial charge is 0.384 e. The predicted octanol–water partition coefficient (Wildman–Crippen LogP) is 2.56. The van der Waals surface area contributed by atoms with Crippen LogP contribution >= 0.6 is 0 Å². The molecule has 0 aliphatic carbocycles. The van der Waals surface area contributed by atoms with Gasteiger partial charge in [-0.05, 0) is 26.0 Å². The Balaban J connectivity index is 1.58. The topological polar surface area (TPSA) is 55.2 Å². The number of para-hydroxylation sites is 1. The summed E-state index contributed by atoms with van der Waals surface area (Å²) in [5, 5.41) is 10.5. The van der Waals surface area contributed by atoms with Crippen molar-refractivity contribution in [3.8, 4) is 0 Å². The first-order valence-corrected chi connectivity index (χ1v) is 9.00. The van der Waals surface area contributed by atoms with Gasteiger partial charge in [0.25, 0.3) is 0 Å². The maximum absolute atomic E-state index is 5.41. The number of anilines is 1. The summed E-state index contributed by atoms with van der Waals surface area (Å²) in [4.78, 5) is 7.27. The first-order valence-electron chi connectivity index (χ1n) is 9.00. The van der Waals surface area contributed by atoms with E-state index in [1.165, 1.54) is 0 Å². The molecule has 25 heavy (non-hydrogen) atoms. The number of hydrogen-bond donors (Lipinski definition) is 1. The third-order valence-electron chi connectivity index (χ3n) is 4.90. The van der Waals surface area contributed by atoms with Gasteiger partial charge in [-0.15, -0.1) is 0 Å². The Hall–Kier alpha value is -2.18. The van der Waals surface area contributed by atoms with E-state index in [0.29, 0.717) is 0 Å². The summed E-state index contributed by atoms with van der Waals surface area (Å²) in [5.41, 5.74) is 4.13. The number of ether oxygens (including phenoxy) is 1. The summed E-state index contributed by atoms with van der Waals surface area (Å²) in [6.45, 7) is 7.91. The van der Waals surface area contributed by atoms with Crippen LogP contribution in [0.5, 0.6) is 0 Å². The van der Waals surface area contributed by atoms with Crippen molar-refractivity contribution in [2.45, 2.75) is 13.3 Å². The Morgan fingerprint density at radius 2 is 2.00 bits per heavy atom. The van der Waals surface area contributed by atoms with Gasteiger partial charge < -0.3 is 10.1 Å². The van der Waals surface area contributed by atoms with Gasteiger partial charge in [0.05, 0.1) is 35.5 Å². The summed E-state index contributed by atoms with van der Waals surface area (Å²) in [5.74, 6) is 0. The van der Waals surface area contributed by atoms with Crippen molar-refractivity contribution in [3.05, 3.63) is 30.0 Å². The number of nitrogens with zero attached hydrogens (tertiary/aromatic N) is 4. The summed E-state index contributed by atoms with van der Waals surface area (Å²) < 4.78 is 7.28. The number of morpholine rings is 1. The van der Waals surface area contributed by atoms with Gasteiger partial charge in [-0.3, -0.25) is 9.58 Å². The number of rotatable bonds is 5. The zero-order valence-corrected chi connectivity index (χ0v) is 15.0. The molecule has 1 aliphatic rings. The first-order chi connectivity index (χ1) is 12.2. The average molecular weight is 339 g/mol. The lowest BCUT2D eigenvalue weighted by molar-refractivity contribution is 0.0378. The summed E-state index contributed by atoms with van der Waals surface area (Å²) in [7, 11) is 1.96. The number of benzene rings is 1. The second kappa shape index (κ2) is 6.98. The Morgan fingerprint density at radius 3 is 2.84 bits per heavy atom. The van der Waals surface area contributed by atoms with Crippen molar-refractivity contribution in [1.29, 1.82) is 0 Å². The van der Waals surface area contributed by atoms with Crippen LogP contribution in [0.15, 0.2) is 24.3 Å². The Labute approximate surface area is 147 Å². The van der Waals surface area contributed by atoms with Gasteiger partial charge in [-0.25, -0.2) is 4.98 Å². The molecule has 0 radical (unpaired) electrons. The molecule has 0 atom stereocenters. The highest BCUT2D eigenvalue weighted by molar-refractivity contribution is 6.07. The van der Waals surface area contributed by atoms with E-state index in [1.807, 2.05) is 17.8 Å². The van der Waals surface area contributed by atoms with Crippen molar-refractivity contribution in [2.24, 2.45) is 7.05 Å². The van der Waals surface area contributed by atoms with Crippen LogP contribution in [0.25, 0.3) is 21.9 Å². The number of nitrogens with one attached hydrogen (secondary N) is 1. The van der Waals surface area contributed by atoms with Crippen LogP contribution in [0.2, 0.25) is 0 Å². The van der Waals surface area contributed by atoms with Gasteiger partial charge >= 0.3 is 0 Å². The summed E-state index contributed by atoms with van der Waals surface area (Å²) in [6, 6.07) is 8.31. The lowest BCUT2D eigenvalue weighted by Gasteiger charge is -2.26. The molecule has 1 saturated heterocycles. The van der Waals surface area contributed by atoms with Crippen molar-refractivity contribution >= 4 is 27.6 Å². The van der Waals surface area contributed by atoms with E-state index >= 15 is 0 Å². The molecule has 0 unspecified atom stereocenters. The molecule has 0 spiro atoms. The molecule has 2 aromatic heterocycles. The van der Waals surface area contributed by atoms with Crippen LogP contribution in [0.3, 0.4) is 0 Å². The SMILES string of the molecule is Cc1nn(C)c2nc3ccccc3c(NCCCN3CCOCC3)c12. The number of hydrogen-bond acceptors (Lipinski definition) is 5. The molecule has 0 saturated carbocycles. The van der Waals surface area contributed by atoms with Crippen LogP contribution in [0, 0.1) is 6.92 Å². The highest BCUT2D eigenvalue weighted by Gasteiger charge is 2.15. The average Bonchev–Trinajstić information content (AvgIpc) is 2.92. The van der Waals surface area contributed by atoms with Gasteiger partial charge in [-0.1, -0.05) is 18.2 Å². The number of fused-ring (bicyclic) bond motifs is 2. The number of aromatic nitrogens is 3. The molecule has 6 heteroatoms. The summed E-state index contributed by atoms with van der Waals surface area (Å²) >= 11 is 0. The van der Waals surface area contributed by atoms with Crippen LogP contribution in [-0.4, -0.2) is 59.1 Å². The fourth-order valence-corrected chi connectivity index (χ4v) is 3.62. The van der Waals surface area contributed by atoms with E-state index in [-0.39, 0.29) is 0 Å².